The molecule has 7 nitrogen and oxygen atoms in total. The summed E-state index contributed by atoms with van der Waals surface area (Å²) in [4.78, 5) is 34.3. The molecule has 2 heterocycles. The topological polar surface area (TPSA) is 101 Å². The van der Waals surface area contributed by atoms with Crippen LogP contribution < -0.4 is 10.1 Å². The molecule has 0 atom stereocenters. The molecular weight excluding hydrogens is 398 g/mol. The first kappa shape index (κ1) is 20.1. The van der Waals surface area contributed by atoms with Gasteiger partial charge in [0.25, 0.3) is 0 Å². The molecule has 146 valence electrons. The van der Waals surface area contributed by atoms with E-state index in [1.165, 1.54) is 36.1 Å². The van der Waals surface area contributed by atoms with E-state index in [1.54, 1.807) is 23.5 Å². The number of nitrogens with zero attached hydrogens (tertiary/aromatic N) is 2. The van der Waals surface area contributed by atoms with Gasteiger partial charge in [-0.2, -0.15) is 0 Å². The highest BCUT2D eigenvalue weighted by atomic mass is 32.2. The van der Waals surface area contributed by atoms with E-state index in [9.17, 15) is 14.7 Å². The molecule has 0 saturated carbocycles. The molecule has 0 spiro atoms. The number of fused-ring (bicyclic) bond motifs is 1. The van der Waals surface area contributed by atoms with Crippen molar-refractivity contribution in [3.63, 3.8) is 0 Å². The lowest BCUT2D eigenvalue weighted by molar-refractivity contribution is -0.118. The van der Waals surface area contributed by atoms with E-state index >= 15 is 0 Å². The molecular formula is C19H19N3O4S2. The van der Waals surface area contributed by atoms with Crippen LogP contribution in [0.25, 0.3) is 10.2 Å². The summed E-state index contributed by atoms with van der Waals surface area (Å²) in [5, 5.41) is 13.8. The van der Waals surface area contributed by atoms with Gasteiger partial charge in [-0.25, -0.2) is 14.8 Å². The molecule has 1 aromatic carbocycles. The van der Waals surface area contributed by atoms with Gasteiger partial charge in [0.05, 0.1) is 12.9 Å². The standard InChI is InChI=1S/C19H19N3O4S2/c1-10-11(2)28-18-16(10)17(21-9-22-18)27-8-15(23)20-7-12-4-5-14(26-3)13(6-12)19(24)25/h4-6,9H,7-8H2,1-3H3,(H,20,23)(H,24,25). The van der Waals surface area contributed by atoms with Gasteiger partial charge in [0.1, 0.15) is 27.5 Å². The third-order valence-corrected chi connectivity index (χ3v) is 6.36. The van der Waals surface area contributed by atoms with Crippen LogP contribution in [0.2, 0.25) is 0 Å². The fourth-order valence-corrected chi connectivity index (χ4v) is 4.62. The molecule has 0 radical (unpaired) electrons. The minimum absolute atomic E-state index is 0.0651. The number of amides is 1. The highest BCUT2D eigenvalue weighted by Crippen LogP contribution is 2.34. The van der Waals surface area contributed by atoms with Crippen molar-refractivity contribution in [3.05, 3.63) is 46.1 Å². The zero-order chi connectivity index (χ0) is 20.3. The second-order valence-electron chi connectivity index (χ2n) is 6.05. The van der Waals surface area contributed by atoms with Crippen LogP contribution in [0.5, 0.6) is 5.75 Å². The molecule has 1 amide bonds. The largest absolute Gasteiger partial charge is 0.496 e. The molecule has 0 aliphatic rings. The number of aromatic nitrogens is 2. The lowest BCUT2D eigenvalue weighted by Gasteiger charge is -2.09. The molecule has 28 heavy (non-hydrogen) atoms. The number of carboxylic acids is 1. The number of carbonyl (C=O) groups excluding carboxylic acids is 1. The van der Waals surface area contributed by atoms with E-state index in [2.05, 4.69) is 15.3 Å². The van der Waals surface area contributed by atoms with Crippen molar-refractivity contribution < 1.29 is 19.4 Å². The predicted molar refractivity (Wildman–Crippen MR) is 109 cm³/mol. The Kier molecular flexibility index (Phi) is 6.15. The van der Waals surface area contributed by atoms with Crippen LogP contribution in [0.1, 0.15) is 26.4 Å². The summed E-state index contributed by atoms with van der Waals surface area (Å²) in [6.45, 7) is 4.31. The number of ether oxygens (including phenoxy) is 1. The summed E-state index contributed by atoms with van der Waals surface area (Å²) >= 11 is 2.98. The third kappa shape index (κ3) is 4.26. The second kappa shape index (κ2) is 8.57. The smallest absolute Gasteiger partial charge is 0.339 e. The van der Waals surface area contributed by atoms with Crippen molar-refractivity contribution in [2.24, 2.45) is 0 Å². The number of carboxylic acid groups (broad SMARTS) is 1. The molecule has 0 bridgehead atoms. The van der Waals surface area contributed by atoms with Crippen LogP contribution in [-0.4, -0.2) is 39.8 Å². The van der Waals surface area contributed by atoms with E-state index in [4.69, 9.17) is 4.74 Å². The number of rotatable bonds is 7. The summed E-state index contributed by atoms with van der Waals surface area (Å²) < 4.78 is 5.04. The summed E-state index contributed by atoms with van der Waals surface area (Å²) in [6, 6.07) is 4.81. The maximum atomic E-state index is 12.2. The number of aromatic carboxylic acids is 1. The Hall–Kier alpha value is -2.65. The van der Waals surface area contributed by atoms with E-state index in [-0.39, 0.29) is 29.5 Å². The van der Waals surface area contributed by atoms with Crippen LogP contribution in [0, 0.1) is 13.8 Å². The van der Waals surface area contributed by atoms with Crippen LogP contribution in [0.4, 0.5) is 0 Å². The van der Waals surface area contributed by atoms with Crippen molar-refractivity contribution in [1.82, 2.24) is 15.3 Å². The fourth-order valence-electron chi connectivity index (χ4n) is 2.68. The number of benzene rings is 1. The van der Waals surface area contributed by atoms with Crippen molar-refractivity contribution >= 4 is 45.2 Å². The van der Waals surface area contributed by atoms with Crippen molar-refractivity contribution in [1.29, 1.82) is 0 Å². The van der Waals surface area contributed by atoms with E-state index in [0.717, 1.165) is 20.8 Å². The SMILES string of the molecule is COc1ccc(CNC(=O)CSc2ncnc3sc(C)c(C)c23)cc1C(=O)O. The van der Waals surface area contributed by atoms with Gasteiger partial charge < -0.3 is 15.2 Å². The molecule has 3 rings (SSSR count). The average molecular weight is 418 g/mol. The first-order valence-electron chi connectivity index (χ1n) is 8.41. The van der Waals surface area contributed by atoms with Crippen LogP contribution in [0.15, 0.2) is 29.6 Å². The fraction of sp³-hybridized carbons (Fsp3) is 0.263. The molecule has 2 aromatic heterocycles. The molecule has 3 aromatic rings. The zero-order valence-corrected chi connectivity index (χ0v) is 17.2. The van der Waals surface area contributed by atoms with Crippen LogP contribution in [0.3, 0.4) is 0 Å². The summed E-state index contributed by atoms with van der Waals surface area (Å²) in [6.07, 6.45) is 1.52. The van der Waals surface area contributed by atoms with Gasteiger partial charge in [0.15, 0.2) is 0 Å². The molecule has 2 N–H and O–H groups in total. The zero-order valence-electron chi connectivity index (χ0n) is 15.6. The Labute approximate surface area is 170 Å². The Morgan fingerprint density at radius 3 is 2.79 bits per heavy atom. The summed E-state index contributed by atoms with van der Waals surface area (Å²) in [7, 11) is 1.42. The summed E-state index contributed by atoms with van der Waals surface area (Å²) in [5.41, 5.74) is 1.89. The van der Waals surface area contributed by atoms with Gasteiger partial charge in [0.2, 0.25) is 5.91 Å². The van der Waals surface area contributed by atoms with Gasteiger partial charge in [-0.05, 0) is 37.1 Å². The Balaban J connectivity index is 1.63. The van der Waals surface area contributed by atoms with Gasteiger partial charge in [0, 0.05) is 16.8 Å². The van der Waals surface area contributed by atoms with Gasteiger partial charge in [-0.15, -0.1) is 11.3 Å². The number of carbonyl (C=O) groups is 2. The predicted octanol–water partition coefficient (Wildman–Crippen LogP) is 3.42. The molecule has 9 heteroatoms. The molecule has 0 aliphatic carbocycles. The van der Waals surface area contributed by atoms with Gasteiger partial charge in [-0.3, -0.25) is 4.79 Å². The van der Waals surface area contributed by atoms with E-state index in [0.29, 0.717) is 5.56 Å². The van der Waals surface area contributed by atoms with Crippen LogP contribution in [-0.2, 0) is 11.3 Å². The highest BCUT2D eigenvalue weighted by molar-refractivity contribution is 8.00. The Morgan fingerprint density at radius 1 is 1.29 bits per heavy atom. The highest BCUT2D eigenvalue weighted by Gasteiger charge is 2.15. The normalized spacial score (nSPS) is 10.8. The quantitative estimate of drug-likeness (QED) is 0.449. The number of aryl methyl sites for hydroxylation is 2. The second-order valence-corrected chi connectivity index (χ2v) is 8.21. The van der Waals surface area contributed by atoms with Crippen molar-refractivity contribution in [2.45, 2.75) is 25.4 Å². The van der Waals surface area contributed by atoms with Crippen molar-refractivity contribution in [2.75, 3.05) is 12.9 Å². The minimum atomic E-state index is -1.07. The van der Waals surface area contributed by atoms with Gasteiger partial charge in [-0.1, -0.05) is 17.8 Å². The first-order valence-corrected chi connectivity index (χ1v) is 10.2. The van der Waals surface area contributed by atoms with E-state index < -0.39 is 5.97 Å². The van der Waals surface area contributed by atoms with Crippen LogP contribution >= 0.6 is 23.1 Å². The Bertz CT molecular complexity index is 1050. The molecule has 0 unspecified atom stereocenters. The minimum Gasteiger partial charge on any atom is -0.496 e. The number of hydrogen-bond donors (Lipinski definition) is 2. The number of thiophene rings is 1. The molecule has 0 fully saturated rings. The third-order valence-electron chi connectivity index (χ3n) is 4.25. The van der Waals surface area contributed by atoms with Crippen molar-refractivity contribution in [3.8, 4) is 5.75 Å². The maximum absolute atomic E-state index is 12.2. The number of hydrogen-bond acceptors (Lipinski definition) is 7. The monoisotopic (exact) mass is 417 g/mol. The number of thioether (sulfide) groups is 1. The maximum Gasteiger partial charge on any atom is 0.339 e. The Morgan fingerprint density at radius 2 is 2.07 bits per heavy atom. The average Bonchev–Trinajstić information content (AvgIpc) is 2.98. The molecule has 0 aliphatic heterocycles. The lowest BCUT2D eigenvalue weighted by Crippen LogP contribution is -2.24. The number of nitrogens with one attached hydrogen (secondary N) is 1. The van der Waals surface area contributed by atoms with Gasteiger partial charge >= 0.3 is 5.97 Å². The summed E-state index contributed by atoms with van der Waals surface area (Å²) in [5.74, 6) is -0.737. The number of methoxy groups -OCH3 is 1. The molecule has 0 saturated heterocycles. The first-order chi connectivity index (χ1) is 13.4. The lowest BCUT2D eigenvalue weighted by atomic mass is 10.1. The van der Waals surface area contributed by atoms with E-state index in [1.807, 2.05) is 13.8 Å².